The number of benzene rings is 1. The van der Waals surface area contributed by atoms with Crippen molar-refractivity contribution in [1.82, 2.24) is 30.5 Å². The molecule has 2 amide bonds. The molecule has 1 aliphatic carbocycles. The summed E-state index contributed by atoms with van der Waals surface area (Å²) < 4.78 is 27.8. The van der Waals surface area contributed by atoms with E-state index in [9.17, 15) is 18.0 Å². The number of piperidine rings is 1. The highest BCUT2D eigenvalue weighted by Crippen LogP contribution is 2.39. The van der Waals surface area contributed by atoms with Crippen LogP contribution in [0.5, 0.6) is 0 Å². The molecule has 3 heterocycles. The van der Waals surface area contributed by atoms with E-state index in [0.717, 1.165) is 37.9 Å². The number of aromatic amines is 1. The summed E-state index contributed by atoms with van der Waals surface area (Å²) in [5, 5.41) is 16.2. The number of amides is 2. The van der Waals surface area contributed by atoms with Gasteiger partial charge in [0.15, 0.2) is 0 Å². The largest absolute Gasteiger partial charge is 0.352 e. The number of hydrogen-bond donors (Lipinski definition) is 4. The van der Waals surface area contributed by atoms with Gasteiger partial charge >= 0.3 is 0 Å². The zero-order chi connectivity index (χ0) is 23.7. The first-order valence-electron chi connectivity index (χ1n) is 11.8. The van der Waals surface area contributed by atoms with Crippen molar-refractivity contribution in [2.24, 2.45) is 5.92 Å². The lowest BCUT2D eigenvalue weighted by Crippen LogP contribution is -2.51. The summed E-state index contributed by atoms with van der Waals surface area (Å²) in [5.41, 5.74) is 1.19. The van der Waals surface area contributed by atoms with Crippen LogP contribution in [0.3, 0.4) is 0 Å². The highest BCUT2D eigenvalue weighted by molar-refractivity contribution is 7.89. The number of nitrogens with zero attached hydrogens (tertiary/aromatic N) is 2. The van der Waals surface area contributed by atoms with Crippen molar-refractivity contribution in [3.63, 3.8) is 0 Å². The van der Waals surface area contributed by atoms with Gasteiger partial charge in [0.05, 0.1) is 16.9 Å². The number of H-pyrrole nitrogens is 1. The summed E-state index contributed by atoms with van der Waals surface area (Å²) in [7, 11) is -3.80. The van der Waals surface area contributed by atoms with Crippen molar-refractivity contribution >= 4 is 21.8 Å². The molecule has 3 atom stereocenters. The number of carbonyl (C=O) groups is 2. The maximum absolute atomic E-state index is 13.2. The molecule has 2 saturated heterocycles. The highest BCUT2D eigenvalue weighted by atomic mass is 32.2. The van der Waals surface area contributed by atoms with E-state index < -0.39 is 27.9 Å². The van der Waals surface area contributed by atoms with Gasteiger partial charge in [-0.1, -0.05) is 18.2 Å². The zero-order valence-corrected chi connectivity index (χ0v) is 19.7. The standard InChI is InChI=1S/C23H30N6O4S/c30-22(25-16-5-4-10-24-12-16)18-13-29(34(32,33)17-6-2-1-3-7-17)14-21(18)26-23(31)20-11-19(27-28-20)15-8-9-15/h1-3,6-7,11,15-16,18,21,24H,4-5,8-10,12-14H2,(H,25,30)(H,26,31)(H,27,28)/t16-,18-,21-/m0/s1. The minimum Gasteiger partial charge on any atom is -0.352 e. The Hall–Kier alpha value is -2.76. The zero-order valence-electron chi connectivity index (χ0n) is 18.9. The van der Waals surface area contributed by atoms with Gasteiger partial charge in [-0.25, -0.2) is 8.42 Å². The van der Waals surface area contributed by atoms with Gasteiger partial charge in [-0.3, -0.25) is 14.7 Å². The third-order valence-electron chi connectivity index (χ3n) is 6.81. The number of rotatable bonds is 7. The fourth-order valence-corrected chi connectivity index (χ4v) is 6.21. The van der Waals surface area contributed by atoms with Crippen LogP contribution in [0.1, 0.15) is 47.8 Å². The van der Waals surface area contributed by atoms with Gasteiger partial charge in [0.1, 0.15) is 5.69 Å². The molecule has 11 heteroatoms. The van der Waals surface area contributed by atoms with E-state index in [4.69, 9.17) is 0 Å². The maximum Gasteiger partial charge on any atom is 0.272 e. The quantitative estimate of drug-likeness (QED) is 0.452. The maximum atomic E-state index is 13.2. The molecular formula is C23H30N6O4S. The lowest BCUT2D eigenvalue weighted by molar-refractivity contribution is -0.125. The molecule has 3 aliphatic rings. The van der Waals surface area contributed by atoms with Crippen LogP contribution in [0, 0.1) is 5.92 Å². The molecule has 3 fully saturated rings. The normalized spacial score (nSPS) is 25.7. The lowest BCUT2D eigenvalue weighted by Gasteiger charge is -2.26. The first-order valence-corrected chi connectivity index (χ1v) is 13.3. The van der Waals surface area contributed by atoms with Crippen molar-refractivity contribution in [2.75, 3.05) is 26.2 Å². The lowest BCUT2D eigenvalue weighted by atomic mass is 10.0. The molecule has 2 aliphatic heterocycles. The van der Waals surface area contributed by atoms with Gasteiger partial charge < -0.3 is 16.0 Å². The molecule has 34 heavy (non-hydrogen) atoms. The predicted molar refractivity (Wildman–Crippen MR) is 125 cm³/mol. The molecule has 0 unspecified atom stereocenters. The van der Waals surface area contributed by atoms with Crippen LogP contribution in [-0.4, -0.2) is 73.0 Å². The van der Waals surface area contributed by atoms with Gasteiger partial charge in [0, 0.05) is 37.3 Å². The van der Waals surface area contributed by atoms with Crippen LogP contribution < -0.4 is 16.0 Å². The molecule has 2 aromatic rings. The van der Waals surface area contributed by atoms with Gasteiger partial charge in [0.25, 0.3) is 5.91 Å². The Kier molecular flexibility index (Phi) is 6.41. The van der Waals surface area contributed by atoms with Crippen molar-refractivity contribution in [1.29, 1.82) is 0 Å². The van der Waals surface area contributed by atoms with Crippen LogP contribution in [0.2, 0.25) is 0 Å². The number of carbonyl (C=O) groups excluding carboxylic acids is 2. The van der Waals surface area contributed by atoms with Crippen LogP contribution in [0.25, 0.3) is 0 Å². The van der Waals surface area contributed by atoms with Crippen LogP contribution in [0.4, 0.5) is 0 Å². The van der Waals surface area contributed by atoms with Crippen LogP contribution >= 0.6 is 0 Å². The van der Waals surface area contributed by atoms with E-state index in [0.29, 0.717) is 12.5 Å². The van der Waals surface area contributed by atoms with E-state index in [2.05, 4.69) is 26.1 Å². The molecule has 1 aromatic heterocycles. The molecule has 4 N–H and O–H groups in total. The van der Waals surface area contributed by atoms with Gasteiger partial charge in [-0.05, 0) is 50.4 Å². The average molecular weight is 487 g/mol. The first-order chi connectivity index (χ1) is 16.4. The second-order valence-corrected chi connectivity index (χ2v) is 11.3. The molecule has 0 bridgehead atoms. The molecule has 0 radical (unpaired) electrons. The second-order valence-electron chi connectivity index (χ2n) is 9.36. The van der Waals surface area contributed by atoms with E-state index in [1.165, 1.54) is 16.4 Å². The molecule has 1 aromatic carbocycles. The minimum absolute atomic E-state index is 0.00203. The third-order valence-corrected chi connectivity index (χ3v) is 8.66. The second kappa shape index (κ2) is 9.47. The van der Waals surface area contributed by atoms with E-state index in [-0.39, 0.29) is 35.6 Å². The summed E-state index contributed by atoms with van der Waals surface area (Å²) in [6.45, 7) is 1.62. The topological polar surface area (TPSA) is 136 Å². The summed E-state index contributed by atoms with van der Waals surface area (Å²) in [5.74, 6) is -0.935. The fraction of sp³-hybridized carbons (Fsp3) is 0.522. The first kappa shape index (κ1) is 23.0. The Balaban J connectivity index is 1.34. The SMILES string of the molecule is O=C(N[C@H]1CN(S(=O)(=O)c2ccccc2)C[C@@H]1C(=O)N[C@H]1CCCNC1)c1cc(C2CC2)[nH]n1. The van der Waals surface area contributed by atoms with Crippen LogP contribution in [0.15, 0.2) is 41.3 Å². The minimum atomic E-state index is -3.80. The molecule has 10 nitrogen and oxygen atoms in total. The Morgan fingerprint density at radius 3 is 2.56 bits per heavy atom. The molecule has 0 spiro atoms. The number of nitrogens with one attached hydrogen (secondary N) is 4. The summed E-state index contributed by atoms with van der Waals surface area (Å²) in [6, 6.07) is 9.21. The van der Waals surface area contributed by atoms with Crippen molar-refractivity contribution in [3.05, 3.63) is 47.8 Å². The predicted octanol–water partition coefficient (Wildman–Crippen LogP) is 0.574. The Morgan fingerprint density at radius 1 is 1.06 bits per heavy atom. The van der Waals surface area contributed by atoms with E-state index in [1.807, 2.05) is 0 Å². The fourth-order valence-electron chi connectivity index (χ4n) is 4.70. The monoisotopic (exact) mass is 486 g/mol. The van der Waals surface area contributed by atoms with E-state index >= 15 is 0 Å². The number of sulfonamides is 1. The van der Waals surface area contributed by atoms with Crippen molar-refractivity contribution < 1.29 is 18.0 Å². The van der Waals surface area contributed by atoms with E-state index in [1.54, 1.807) is 24.3 Å². The van der Waals surface area contributed by atoms with Crippen LogP contribution in [-0.2, 0) is 14.8 Å². The Morgan fingerprint density at radius 2 is 1.85 bits per heavy atom. The number of hydrogen-bond acceptors (Lipinski definition) is 6. The summed E-state index contributed by atoms with van der Waals surface area (Å²) in [4.78, 5) is 26.3. The van der Waals surface area contributed by atoms with Crippen molar-refractivity contribution in [3.8, 4) is 0 Å². The molecular weight excluding hydrogens is 456 g/mol. The Labute approximate surface area is 198 Å². The average Bonchev–Trinajstić information content (AvgIpc) is 3.41. The summed E-state index contributed by atoms with van der Waals surface area (Å²) in [6.07, 6.45) is 3.99. The molecule has 5 rings (SSSR count). The summed E-state index contributed by atoms with van der Waals surface area (Å²) >= 11 is 0. The smallest absolute Gasteiger partial charge is 0.272 e. The highest BCUT2D eigenvalue weighted by Gasteiger charge is 2.44. The Bertz CT molecular complexity index is 1140. The third kappa shape index (κ3) is 4.86. The van der Waals surface area contributed by atoms with Crippen molar-refractivity contribution in [2.45, 2.75) is 48.6 Å². The number of aromatic nitrogens is 2. The molecule has 182 valence electrons. The van der Waals surface area contributed by atoms with Gasteiger partial charge in [-0.15, -0.1) is 0 Å². The van der Waals surface area contributed by atoms with Gasteiger partial charge in [0.2, 0.25) is 15.9 Å². The van der Waals surface area contributed by atoms with Gasteiger partial charge in [-0.2, -0.15) is 9.40 Å². The molecule has 1 saturated carbocycles.